The highest BCUT2D eigenvalue weighted by Crippen LogP contribution is 2.32. The van der Waals surface area contributed by atoms with Crippen LogP contribution in [0.3, 0.4) is 0 Å². The van der Waals surface area contributed by atoms with Crippen molar-refractivity contribution in [3.05, 3.63) is 58.6 Å². The summed E-state index contributed by atoms with van der Waals surface area (Å²) >= 11 is 3.48. The number of rotatable bonds is 4. The number of amides is 3. The molecular weight excluding hydrogens is 470 g/mol. The number of carbonyl (C=O) groups excluding carboxylic acids is 3. The first-order chi connectivity index (χ1) is 15.3. The first kappa shape index (κ1) is 22.5. The predicted molar refractivity (Wildman–Crippen MR) is 129 cm³/mol. The molecule has 3 amide bonds. The second kappa shape index (κ2) is 9.45. The molecule has 6 nitrogen and oxygen atoms in total. The number of anilines is 2. The first-order valence-electron chi connectivity index (χ1n) is 11.1. The number of halogens is 1. The largest absolute Gasteiger partial charge is 0.338 e. The SMILES string of the molecule is CC1CC(C)CN(C(=O)c2ccccc2NC(=O)C2CC(=O)N(c3ccccc3Br)C2)C1. The van der Waals surface area contributed by atoms with Crippen LogP contribution in [-0.2, 0) is 9.59 Å². The fourth-order valence-electron chi connectivity index (χ4n) is 4.80. The van der Waals surface area contributed by atoms with E-state index >= 15 is 0 Å². The van der Waals surface area contributed by atoms with Gasteiger partial charge < -0.3 is 15.1 Å². The van der Waals surface area contributed by atoms with Gasteiger partial charge in [0.05, 0.1) is 22.9 Å². The van der Waals surface area contributed by atoms with Gasteiger partial charge in [-0.25, -0.2) is 0 Å². The standard InChI is InChI=1S/C25H28BrN3O3/c1-16-11-17(2)14-28(13-16)25(32)19-7-3-5-9-21(19)27-24(31)18-12-23(30)29(15-18)22-10-6-4-8-20(22)26/h3-10,16-18H,11-15H2,1-2H3,(H,27,31). The van der Waals surface area contributed by atoms with Gasteiger partial charge in [0.2, 0.25) is 11.8 Å². The highest BCUT2D eigenvalue weighted by molar-refractivity contribution is 9.10. The smallest absolute Gasteiger partial charge is 0.255 e. The van der Waals surface area contributed by atoms with Crippen molar-refractivity contribution >= 4 is 45.0 Å². The minimum Gasteiger partial charge on any atom is -0.338 e. The van der Waals surface area contributed by atoms with E-state index in [1.54, 1.807) is 23.1 Å². The number of para-hydroxylation sites is 2. The Kier molecular flexibility index (Phi) is 6.65. The van der Waals surface area contributed by atoms with Gasteiger partial charge in [-0.05, 0) is 58.5 Å². The second-order valence-corrected chi connectivity index (χ2v) is 9.90. The molecule has 2 aliphatic heterocycles. The second-order valence-electron chi connectivity index (χ2n) is 9.05. The highest BCUT2D eigenvalue weighted by atomic mass is 79.9. The number of nitrogens with zero attached hydrogens (tertiary/aromatic N) is 2. The Balaban J connectivity index is 1.48. The number of carbonyl (C=O) groups is 3. The fourth-order valence-corrected chi connectivity index (χ4v) is 5.30. The van der Waals surface area contributed by atoms with Gasteiger partial charge in [-0.3, -0.25) is 14.4 Å². The minimum atomic E-state index is -0.479. The van der Waals surface area contributed by atoms with Crippen LogP contribution in [0.1, 0.15) is 37.0 Å². The molecule has 4 rings (SSSR count). The molecule has 32 heavy (non-hydrogen) atoms. The van der Waals surface area contributed by atoms with Crippen molar-refractivity contribution in [3.63, 3.8) is 0 Å². The maximum absolute atomic E-state index is 13.2. The molecule has 2 aromatic carbocycles. The van der Waals surface area contributed by atoms with E-state index in [1.807, 2.05) is 35.2 Å². The molecule has 0 aliphatic carbocycles. The third-order valence-electron chi connectivity index (χ3n) is 6.21. The summed E-state index contributed by atoms with van der Waals surface area (Å²) in [5.41, 5.74) is 1.76. The number of benzene rings is 2. The molecule has 0 bridgehead atoms. The molecule has 2 saturated heterocycles. The van der Waals surface area contributed by atoms with Gasteiger partial charge in [-0.2, -0.15) is 0 Å². The lowest BCUT2D eigenvalue weighted by atomic mass is 9.91. The summed E-state index contributed by atoms with van der Waals surface area (Å²) in [4.78, 5) is 42.4. The average Bonchev–Trinajstić information content (AvgIpc) is 3.15. The Morgan fingerprint density at radius 2 is 1.62 bits per heavy atom. The summed E-state index contributed by atoms with van der Waals surface area (Å²) in [7, 11) is 0. The molecule has 2 heterocycles. The Morgan fingerprint density at radius 1 is 0.969 bits per heavy atom. The number of hydrogen-bond acceptors (Lipinski definition) is 3. The zero-order chi connectivity index (χ0) is 22.8. The molecule has 0 aromatic heterocycles. The van der Waals surface area contributed by atoms with Gasteiger partial charge in [0.1, 0.15) is 0 Å². The van der Waals surface area contributed by atoms with Crippen molar-refractivity contribution in [1.82, 2.24) is 4.90 Å². The van der Waals surface area contributed by atoms with Gasteiger partial charge in [-0.15, -0.1) is 0 Å². The summed E-state index contributed by atoms with van der Waals surface area (Å²) in [5, 5.41) is 2.93. The molecule has 168 valence electrons. The van der Waals surface area contributed by atoms with Crippen LogP contribution in [0.4, 0.5) is 11.4 Å². The van der Waals surface area contributed by atoms with Crippen molar-refractivity contribution in [2.24, 2.45) is 17.8 Å². The average molecular weight is 498 g/mol. The van der Waals surface area contributed by atoms with E-state index < -0.39 is 5.92 Å². The van der Waals surface area contributed by atoms with E-state index in [2.05, 4.69) is 35.1 Å². The van der Waals surface area contributed by atoms with Crippen molar-refractivity contribution in [1.29, 1.82) is 0 Å². The molecule has 1 N–H and O–H groups in total. The maximum atomic E-state index is 13.2. The lowest BCUT2D eigenvalue weighted by Gasteiger charge is -2.35. The summed E-state index contributed by atoms with van der Waals surface area (Å²) in [6, 6.07) is 14.6. The monoisotopic (exact) mass is 497 g/mol. The third-order valence-corrected chi connectivity index (χ3v) is 6.88. The fraction of sp³-hybridized carbons (Fsp3) is 0.400. The Labute approximate surface area is 197 Å². The summed E-state index contributed by atoms with van der Waals surface area (Å²) < 4.78 is 0.815. The summed E-state index contributed by atoms with van der Waals surface area (Å²) in [5.74, 6) is 0.0465. The molecule has 0 spiro atoms. The van der Waals surface area contributed by atoms with E-state index in [4.69, 9.17) is 0 Å². The van der Waals surface area contributed by atoms with Crippen molar-refractivity contribution < 1.29 is 14.4 Å². The number of likely N-dealkylation sites (tertiary alicyclic amines) is 1. The molecule has 0 saturated carbocycles. The molecule has 2 fully saturated rings. The van der Waals surface area contributed by atoms with Gasteiger partial charge in [0, 0.05) is 30.5 Å². The van der Waals surface area contributed by atoms with Crippen LogP contribution in [-0.4, -0.2) is 42.3 Å². The maximum Gasteiger partial charge on any atom is 0.255 e. The molecule has 2 aliphatic rings. The van der Waals surface area contributed by atoms with Crippen molar-refractivity contribution in [2.45, 2.75) is 26.7 Å². The molecule has 7 heteroatoms. The lowest BCUT2D eigenvalue weighted by Crippen LogP contribution is -2.42. The van der Waals surface area contributed by atoms with Crippen molar-refractivity contribution in [2.75, 3.05) is 29.9 Å². The highest BCUT2D eigenvalue weighted by Gasteiger charge is 2.36. The number of piperidine rings is 1. The topological polar surface area (TPSA) is 69.7 Å². The Bertz CT molecular complexity index is 1030. The van der Waals surface area contributed by atoms with Gasteiger partial charge in [0.25, 0.3) is 5.91 Å². The van der Waals surface area contributed by atoms with Gasteiger partial charge in [0.15, 0.2) is 0 Å². The van der Waals surface area contributed by atoms with Crippen LogP contribution in [0.25, 0.3) is 0 Å². The molecule has 3 unspecified atom stereocenters. The number of hydrogen-bond donors (Lipinski definition) is 1. The molecule has 3 atom stereocenters. The summed E-state index contributed by atoms with van der Waals surface area (Å²) in [6.07, 6.45) is 1.26. The minimum absolute atomic E-state index is 0.0587. The lowest BCUT2D eigenvalue weighted by molar-refractivity contribution is -0.122. The first-order valence-corrected chi connectivity index (χ1v) is 11.9. The molecule has 0 radical (unpaired) electrons. The van der Waals surface area contributed by atoms with E-state index in [0.717, 1.165) is 29.7 Å². The van der Waals surface area contributed by atoms with Crippen LogP contribution >= 0.6 is 15.9 Å². The quantitative estimate of drug-likeness (QED) is 0.672. The zero-order valence-electron chi connectivity index (χ0n) is 18.4. The Hall–Kier alpha value is -2.67. The van der Waals surface area contributed by atoms with Crippen LogP contribution < -0.4 is 10.2 Å². The van der Waals surface area contributed by atoms with E-state index in [9.17, 15) is 14.4 Å². The molecular formula is C25H28BrN3O3. The van der Waals surface area contributed by atoms with Gasteiger partial charge in [-0.1, -0.05) is 38.1 Å². The van der Waals surface area contributed by atoms with Crippen LogP contribution in [0.15, 0.2) is 53.0 Å². The van der Waals surface area contributed by atoms with Crippen LogP contribution in [0, 0.1) is 17.8 Å². The van der Waals surface area contributed by atoms with Gasteiger partial charge >= 0.3 is 0 Å². The third kappa shape index (κ3) is 4.72. The van der Waals surface area contributed by atoms with E-state index in [0.29, 0.717) is 29.6 Å². The van der Waals surface area contributed by atoms with E-state index in [1.165, 1.54) is 0 Å². The van der Waals surface area contributed by atoms with E-state index in [-0.39, 0.29) is 24.1 Å². The molecule has 2 aromatic rings. The predicted octanol–water partition coefficient (Wildman–Crippen LogP) is 4.56. The van der Waals surface area contributed by atoms with Crippen LogP contribution in [0.5, 0.6) is 0 Å². The Morgan fingerprint density at radius 3 is 2.34 bits per heavy atom. The van der Waals surface area contributed by atoms with Crippen LogP contribution in [0.2, 0.25) is 0 Å². The number of nitrogens with one attached hydrogen (secondary N) is 1. The van der Waals surface area contributed by atoms with Crippen molar-refractivity contribution in [3.8, 4) is 0 Å². The normalized spacial score (nSPS) is 23.3. The zero-order valence-corrected chi connectivity index (χ0v) is 20.0. The summed E-state index contributed by atoms with van der Waals surface area (Å²) in [6.45, 7) is 6.09.